The molecule has 1 radical (unpaired) electrons. The summed E-state index contributed by atoms with van der Waals surface area (Å²) in [6.07, 6.45) is 3.49. The molecule has 13 heavy (non-hydrogen) atoms. The lowest BCUT2D eigenvalue weighted by molar-refractivity contribution is 0.549. The van der Waals surface area contributed by atoms with Gasteiger partial charge in [-0.2, -0.15) is 0 Å². The van der Waals surface area contributed by atoms with Gasteiger partial charge in [-0.15, -0.1) is 0 Å². The van der Waals surface area contributed by atoms with Gasteiger partial charge in [0.25, 0.3) is 0 Å². The average Bonchev–Trinajstić information content (AvgIpc) is 2.19. The van der Waals surface area contributed by atoms with E-state index < -0.39 is 0 Å². The van der Waals surface area contributed by atoms with E-state index in [0.29, 0.717) is 0 Å². The van der Waals surface area contributed by atoms with Crippen molar-refractivity contribution in [3.8, 4) is 0 Å². The van der Waals surface area contributed by atoms with E-state index >= 15 is 0 Å². The number of hydrogen-bond acceptors (Lipinski definition) is 4. The average molecular weight is 178 g/mol. The predicted molar refractivity (Wildman–Crippen MR) is 51.3 cm³/mol. The number of nitrogens with one attached hydrogen (secondary N) is 2. The van der Waals surface area contributed by atoms with Crippen molar-refractivity contribution in [2.45, 2.75) is 0 Å². The van der Waals surface area contributed by atoms with E-state index in [9.17, 15) is 4.79 Å². The van der Waals surface area contributed by atoms with Gasteiger partial charge in [-0.25, -0.2) is 4.98 Å². The molecule has 0 aliphatic heterocycles. The Balaban J connectivity index is 2.10. The van der Waals surface area contributed by atoms with E-state index in [4.69, 9.17) is 0 Å². The highest BCUT2D eigenvalue weighted by atomic mass is 16.1. The quantitative estimate of drug-likeness (QED) is 0.611. The molecule has 4 nitrogen and oxygen atoms in total. The van der Waals surface area contributed by atoms with Crippen molar-refractivity contribution in [3.05, 3.63) is 24.4 Å². The Kier molecular flexibility index (Phi) is 4.56. The van der Waals surface area contributed by atoms with Gasteiger partial charge in [0.05, 0.1) is 6.54 Å². The maximum Gasteiger partial charge on any atom is 0.213 e. The van der Waals surface area contributed by atoms with Crippen LogP contribution in [0, 0.1) is 0 Å². The second-order valence-corrected chi connectivity index (χ2v) is 2.46. The van der Waals surface area contributed by atoms with Gasteiger partial charge in [-0.3, -0.25) is 4.79 Å². The Morgan fingerprint density at radius 1 is 1.38 bits per heavy atom. The zero-order valence-corrected chi connectivity index (χ0v) is 7.29. The molecule has 1 rings (SSSR count). The van der Waals surface area contributed by atoms with Gasteiger partial charge in [0.1, 0.15) is 5.82 Å². The highest BCUT2D eigenvalue weighted by Crippen LogP contribution is 1.97. The van der Waals surface area contributed by atoms with Crippen LogP contribution >= 0.6 is 0 Å². The maximum absolute atomic E-state index is 9.82. The fourth-order valence-corrected chi connectivity index (χ4v) is 0.886. The first-order valence-corrected chi connectivity index (χ1v) is 4.14. The van der Waals surface area contributed by atoms with E-state index in [-0.39, 0.29) is 6.54 Å². The molecule has 0 aliphatic rings. The van der Waals surface area contributed by atoms with E-state index in [1.165, 1.54) is 0 Å². The van der Waals surface area contributed by atoms with E-state index in [1.807, 2.05) is 18.2 Å². The van der Waals surface area contributed by atoms with Crippen LogP contribution in [0.1, 0.15) is 0 Å². The second kappa shape index (κ2) is 6.14. The third kappa shape index (κ3) is 4.22. The summed E-state index contributed by atoms with van der Waals surface area (Å²) in [6, 6.07) is 5.68. The molecule has 0 saturated carbocycles. The predicted octanol–water partition coefficient (Wildman–Crippen LogP) is 0.193. The van der Waals surface area contributed by atoms with E-state index in [2.05, 4.69) is 15.6 Å². The van der Waals surface area contributed by atoms with Crippen molar-refractivity contribution >= 4 is 12.1 Å². The fourth-order valence-electron chi connectivity index (χ4n) is 0.886. The maximum atomic E-state index is 9.82. The van der Waals surface area contributed by atoms with Crippen molar-refractivity contribution in [3.63, 3.8) is 0 Å². The highest BCUT2D eigenvalue weighted by Gasteiger charge is 1.89. The van der Waals surface area contributed by atoms with Gasteiger partial charge >= 0.3 is 0 Å². The van der Waals surface area contributed by atoms with E-state index in [0.717, 1.165) is 18.9 Å². The molecular formula is C9H12N3O. The SMILES string of the molecule is O=[C]CNCCNc1ccccn1. The number of hydrogen-bond donors (Lipinski definition) is 2. The normalized spacial score (nSPS) is 9.54. The second-order valence-electron chi connectivity index (χ2n) is 2.46. The third-order valence-corrected chi connectivity index (χ3v) is 1.47. The van der Waals surface area contributed by atoms with Gasteiger partial charge in [0.15, 0.2) is 0 Å². The number of pyridine rings is 1. The zero-order chi connectivity index (χ0) is 9.36. The summed E-state index contributed by atoms with van der Waals surface area (Å²) < 4.78 is 0. The molecule has 0 amide bonds. The molecule has 0 saturated heterocycles. The Morgan fingerprint density at radius 2 is 2.31 bits per heavy atom. The summed E-state index contributed by atoms with van der Waals surface area (Å²) in [7, 11) is 0. The van der Waals surface area contributed by atoms with Crippen LogP contribution in [-0.4, -0.2) is 30.9 Å². The molecule has 0 spiro atoms. The lowest BCUT2D eigenvalue weighted by atomic mass is 10.4. The molecule has 1 heterocycles. The summed E-state index contributed by atoms with van der Waals surface area (Å²) in [5, 5.41) is 5.99. The number of nitrogens with zero attached hydrogens (tertiary/aromatic N) is 1. The minimum atomic E-state index is 0.282. The lowest BCUT2D eigenvalue weighted by Gasteiger charge is -2.03. The van der Waals surface area contributed by atoms with Crippen LogP contribution < -0.4 is 10.6 Å². The first kappa shape index (κ1) is 9.67. The summed E-state index contributed by atoms with van der Waals surface area (Å²) >= 11 is 0. The van der Waals surface area contributed by atoms with Crippen LogP contribution in [0.3, 0.4) is 0 Å². The Labute approximate surface area is 77.4 Å². The van der Waals surface area contributed by atoms with Gasteiger partial charge < -0.3 is 10.6 Å². The fraction of sp³-hybridized carbons (Fsp3) is 0.333. The molecule has 0 fully saturated rings. The molecule has 2 N–H and O–H groups in total. The van der Waals surface area contributed by atoms with Gasteiger partial charge in [0, 0.05) is 19.3 Å². The van der Waals surface area contributed by atoms with Crippen molar-refractivity contribution in [1.82, 2.24) is 10.3 Å². The van der Waals surface area contributed by atoms with E-state index in [1.54, 1.807) is 12.5 Å². The number of rotatable bonds is 6. The molecule has 1 aromatic rings. The summed E-state index contributed by atoms with van der Waals surface area (Å²) in [6.45, 7) is 1.76. The topological polar surface area (TPSA) is 54.0 Å². The van der Waals surface area contributed by atoms with Crippen molar-refractivity contribution in [2.75, 3.05) is 25.0 Å². The number of carbonyl (C=O) groups excluding carboxylic acids is 1. The summed E-state index contributed by atoms with van der Waals surface area (Å²) in [4.78, 5) is 13.9. The van der Waals surface area contributed by atoms with Crippen LogP contribution in [0.15, 0.2) is 24.4 Å². The lowest BCUT2D eigenvalue weighted by Crippen LogP contribution is -2.23. The van der Waals surface area contributed by atoms with Crippen molar-refractivity contribution in [1.29, 1.82) is 0 Å². The molecule has 0 bridgehead atoms. The third-order valence-electron chi connectivity index (χ3n) is 1.47. The first-order chi connectivity index (χ1) is 6.43. The smallest absolute Gasteiger partial charge is 0.213 e. The van der Waals surface area contributed by atoms with Crippen molar-refractivity contribution < 1.29 is 4.79 Å². The molecule has 69 valence electrons. The highest BCUT2D eigenvalue weighted by molar-refractivity contribution is 5.52. The standard InChI is InChI=1S/C9H12N3O/c13-8-7-10-5-6-12-9-3-1-2-4-11-9/h1-4,10H,5-7H2,(H,11,12). The molecule has 0 aromatic carbocycles. The van der Waals surface area contributed by atoms with Crippen molar-refractivity contribution in [2.24, 2.45) is 0 Å². The molecule has 0 unspecified atom stereocenters. The Hall–Kier alpha value is -1.42. The summed E-state index contributed by atoms with van der Waals surface area (Å²) in [5.41, 5.74) is 0. The van der Waals surface area contributed by atoms with Gasteiger partial charge in [-0.1, -0.05) is 6.07 Å². The number of anilines is 1. The summed E-state index contributed by atoms with van der Waals surface area (Å²) in [5.74, 6) is 0.847. The monoisotopic (exact) mass is 178 g/mol. The number of aromatic nitrogens is 1. The minimum absolute atomic E-state index is 0.282. The Bertz CT molecular complexity index is 238. The Morgan fingerprint density at radius 3 is 3.00 bits per heavy atom. The van der Waals surface area contributed by atoms with Crippen LogP contribution in [0.2, 0.25) is 0 Å². The van der Waals surface area contributed by atoms with Crippen LogP contribution in [0.25, 0.3) is 0 Å². The molecule has 4 heteroatoms. The zero-order valence-electron chi connectivity index (χ0n) is 7.29. The first-order valence-electron chi connectivity index (χ1n) is 4.14. The van der Waals surface area contributed by atoms with Gasteiger partial charge in [-0.05, 0) is 12.1 Å². The molecule has 0 atom stereocenters. The van der Waals surface area contributed by atoms with Crippen LogP contribution in [-0.2, 0) is 4.79 Å². The van der Waals surface area contributed by atoms with Crippen LogP contribution in [0.5, 0.6) is 0 Å². The molecule has 1 aromatic heterocycles. The minimum Gasteiger partial charge on any atom is -0.369 e. The molecular weight excluding hydrogens is 166 g/mol. The van der Waals surface area contributed by atoms with Crippen LogP contribution in [0.4, 0.5) is 5.82 Å². The van der Waals surface area contributed by atoms with Gasteiger partial charge in [0.2, 0.25) is 6.29 Å². The molecule has 0 aliphatic carbocycles. The largest absolute Gasteiger partial charge is 0.369 e.